The van der Waals surface area contributed by atoms with Gasteiger partial charge < -0.3 is 9.72 Å². The topological polar surface area (TPSA) is 93.3 Å². The molecule has 0 aliphatic heterocycles. The molecule has 1 N–H and O–H groups in total. The summed E-state index contributed by atoms with van der Waals surface area (Å²) in [4.78, 5) is 26.3. The third-order valence-electron chi connectivity index (χ3n) is 6.56. The van der Waals surface area contributed by atoms with Gasteiger partial charge in [-0.05, 0) is 68.0 Å². The molecule has 10 heteroatoms. The first kappa shape index (κ1) is 25.9. The molecule has 0 spiro atoms. The summed E-state index contributed by atoms with van der Waals surface area (Å²) in [6.45, 7) is 1.96. The number of pyridine rings is 1. The molecule has 1 aliphatic rings. The number of rotatable bonds is 6. The molecule has 1 fully saturated rings. The van der Waals surface area contributed by atoms with E-state index in [0.717, 1.165) is 5.56 Å². The highest BCUT2D eigenvalue weighted by atomic mass is 32.2. The minimum Gasteiger partial charge on any atom is -0.466 e. The number of nitrogens with one attached hydrogen (secondary N) is 1. The Hall–Kier alpha value is -3.14. The van der Waals surface area contributed by atoms with Crippen LogP contribution in [0.4, 0.5) is 13.2 Å². The van der Waals surface area contributed by atoms with Crippen molar-refractivity contribution in [1.82, 2.24) is 4.98 Å². The lowest BCUT2D eigenvalue weighted by atomic mass is 9.89. The Bertz CT molecular complexity index is 1430. The molecule has 192 valence electrons. The summed E-state index contributed by atoms with van der Waals surface area (Å²) in [5.41, 5.74) is -0.433. The van der Waals surface area contributed by atoms with Crippen LogP contribution in [0.25, 0.3) is 10.9 Å². The fourth-order valence-electron chi connectivity index (χ4n) is 4.77. The molecule has 0 amide bonds. The summed E-state index contributed by atoms with van der Waals surface area (Å²) in [6, 6.07) is 11.3. The molecule has 4 rings (SSSR count). The SMILES string of the molecule is CCOC(=O)C1CCCC(S(=O)(=O)c2ccc(Cc3ccc4[nH]c(=O)cc(C(F)(F)F)c4c3)cc2)C1. The monoisotopic (exact) mass is 521 g/mol. The number of alkyl halides is 3. The van der Waals surface area contributed by atoms with Gasteiger partial charge in [0.25, 0.3) is 0 Å². The Morgan fingerprint density at radius 1 is 1.06 bits per heavy atom. The number of H-pyrrole nitrogens is 1. The summed E-state index contributed by atoms with van der Waals surface area (Å²) in [5, 5.41) is -0.776. The number of carbonyl (C=O) groups is 1. The number of aromatic amines is 1. The van der Waals surface area contributed by atoms with Crippen molar-refractivity contribution in [1.29, 1.82) is 0 Å². The Labute approximate surface area is 206 Å². The highest BCUT2D eigenvalue weighted by Gasteiger charge is 2.36. The van der Waals surface area contributed by atoms with Crippen molar-refractivity contribution in [2.45, 2.75) is 55.3 Å². The molecular formula is C26H26F3NO5S. The Morgan fingerprint density at radius 3 is 2.42 bits per heavy atom. The molecule has 1 aliphatic carbocycles. The number of hydrogen-bond donors (Lipinski definition) is 1. The number of carbonyl (C=O) groups excluding carboxylic acids is 1. The standard InChI is InChI=1S/C26H26F3NO5S/c1-2-35-25(32)18-4-3-5-20(14-18)36(33,34)19-9-6-16(7-10-19)12-17-8-11-23-21(13-17)22(26(27,28)29)15-24(31)30-23/h6-11,13,15,18,20H,2-5,12,14H2,1H3,(H,30,31). The fraction of sp³-hybridized carbons (Fsp3) is 0.385. The van der Waals surface area contributed by atoms with Crippen LogP contribution in [0.2, 0.25) is 0 Å². The number of fused-ring (bicyclic) bond motifs is 1. The van der Waals surface area contributed by atoms with Gasteiger partial charge in [-0.15, -0.1) is 0 Å². The van der Waals surface area contributed by atoms with E-state index in [9.17, 15) is 31.2 Å². The first-order valence-electron chi connectivity index (χ1n) is 11.7. The summed E-state index contributed by atoms with van der Waals surface area (Å²) in [7, 11) is -3.65. The van der Waals surface area contributed by atoms with E-state index in [2.05, 4.69) is 4.98 Å². The van der Waals surface area contributed by atoms with Crippen molar-refractivity contribution in [3.63, 3.8) is 0 Å². The van der Waals surface area contributed by atoms with Crippen LogP contribution in [0.5, 0.6) is 0 Å². The van der Waals surface area contributed by atoms with Crippen molar-refractivity contribution in [2.75, 3.05) is 6.61 Å². The number of sulfone groups is 1. The average molecular weight is 522 g/mol. The molecular weight excluding hydrogens is 495 g/mol. The summed E-state index contributed by atoms with van der Waals surface area (Å²) in [5.74, 6) is -0.789. The second kappa shape index (κ2) is 10.1. The van der Waals surface area contributed by atoms with Crippen LogP contribution in [0, 0.1) is 5.92 Å². The second-order valence-corrected chi connectivity index (χ2v) is 11.3. The molecule has 2 unspecified atom stereocenters. The van der Waals surface area contributed by atoms with Crippen molar-refractivity contribution >= 4 is 26.7 Å². The van der Waals surface area contributed by atoms with Gasteiger partial charge in [-0.25, -0.2) is 8.42 Å². The lowest BCUT2D eigenvalue weighted by molar-refractivity contribution is -0.149. The molecule has 6 nitrogen and oxygen atoms in total. The maximum absolute atomic E-state index is 13.4. The minimum atomic E-state index is -4.67. The Morgan fingerprint density at radius 2 is 1.75 bits per heavy atom. The summed E-state index contributed by atoms with van der Waals surface area (Å²) < 4.78 is 71.8. The van der Waals surface area contributed by atoms with E-state index in [0.29, 0.717) is 30.9 Å². The van der Waals surface area contributed by atoms with Gasteiger partial charge in [0.15, 0.2) is 9.84 Å². The molecule has 2 aromatic carbocycles. The van der Waals surface area contributed by atoms with E-state index in [-0.39, 0.29) is 41.2 Å². The Balaban J connectivity index is 1.54. The molecule has 2 atom stereocenters. The van der Waals surface area contributed by atoms with Crippen LogP contribution in [0.3, 0.4) is 0 Å². The molecule has 0 radical (unpaired) electrons. The number of esters is 1. The van der Waals surface area contributed by atoms with Crippen LogP contribution >= 0.6 is 0 Å². The van der Waals surface area contributed by atoms with Gasteiger partial charge in [-0.1, -0.05) is 24.6 Å². The van der Waals surface area contributed by atoms with Gasteiger partial charge in [0.2, 0.25) is 5.56 Å². The second-order valence-electron chi connectivity index (χ2n) is 9.03. The smallest absolute Gasteiger partial charge is 0.417 e. The largest absolute Gasteiger partial charge is 0.466 e. The van der Waals surface area contributed by atoms with E-state index in [1.54, 1.807) is 25.1 Å². The zero-order chi connectivity index (χ0) is 26.1. The van der Waals surface area contributed by atoms with Gasteiger partial charge in [0, 0.05) is 17.0 Å². The van der Waals surface area contributed by atoms with Gasteiger partial charge in [0.05, 0.1) is 28.2 Å². The molecule has 1 saturated carbocycles. The number of aromatic nitrogens is 1. The number of benzene rings is 2. The third kappa shape index (κ3) is 5.48. The van der Waals surface area contributed by atoms with Gasteiger partial charge in [0.1, 0.15) is 0 Å². The zero-order valence-electron chi connectivity index (χ0n) is 19.6. The third-order valence-corrected chi connectivity index (χ3v) is 8.79. The molecule has 3 aromatic rings. The highest BCUT2D eigenvalue weighted by molar-refractivity contribution is 7.92. The van der Waals surface area contributed by atoms with Crippen LogP contribution in [-0.2, 0) is 32.0 Å². The Kier molecular flexibility index (Phi) is 7.26. The number of ether oxygens (including phenoxy) is 1. The number of hydrogen-bond acceptors (Lipinski definition) is 5. The van der Waals surface area contributed by atoms with E-state index >= 15 is 0 Å². The van der Waals surface area contributed by atoms with Crippen molar-refractivity contribution in [2.24, 2.45) is 5.92 Å². The van der Waals surface area contributed by atoms with Crippen LogP contribution in [-0.4, -0.2) is 31.2 Å². The molecule has 1 aromatic heterocycles. The first-order chi connectivity index (χ1) is 17.0. The molecule has 1 heterocycles. The maximum atomic E-state index is 13.4. The van der Waals surface area contributed by atoms with Gasteiger partial charge >= 0.3 is 12.1 Å². The first-order valence-corrected chi connectivity index (χ1v) is 13.3. The lowest BCUT2D eigenvalue weighted by Gasteiger charge is -2.27. The average Bonchev–Trinajstić information content (AvgIpc) is 2.84. The van der Waals surface area contributed by atoms with E-state index in [4.69, 9.17) is 4.74 Å². The quantitative estimate of drug-likeness (QED) is 0.459. The van der Waals surface area contributed by atoms with Crippen LogP contribution < -0.4 is 5.56 Å². The predicted molar refractivity (Wildman–Crippen MR) is 128 cm³/mol. The fourth-order valence-corrected chi connectivity index (χ4v) is 6.63. The van der Waals surface area contributed by atoms with Gasteiger partial charge in [-0.2, -0.15) is 13.2 Å². The van der Waals surface area contributed by atoms with E-state index < -0.39 is 38.3 Å². The van der Waals surface area contributed by atoms with Crippen molar-refractivity contribution in [3.05, 3.63) is 75.6 Å². The van der Waals surface area contributed by atoms with Crippen molar-refractivity contribution in [3.8, 4) is 0 Å². The van der Waals surface area contributed by atoms with Crippen LogP contribution in [0.1, 0.15) is 49.3 Å². The van der Waals surface area contributed by atoms with E-state index in [1.807, 2.05) is 0 Å². The summed E-state index contributed by atoms with van der Waals surface area (Å²) >= 11 is 0. The van der Waals surface area contributed by atoms with Gasteiger partial charge in [-0.3, -0.25) is 9.59 Å². The van der Waals surface area contributed by atoms with Crippen molar-refractivity contribution < 1.29 is 31.1 Å². The lowest BCUT2D eigenvalue weighted by Crippen LogP contribution is -2.32. The van der Waals surface area contributed by atoms with E-state index in [1.165, 1.54) is 24.3 Å². The normalized spacial score (nSPS) is 18.8. The molecule has 36 heavy (non-hydrogen) atoms. The predicted octanol–water partition coefficient (Wildman–Crippen LogP) is 5.03. The zero-order valence-corrected chi connectivity index (χ0v) is 20.4. The number of halogens is 3. The minimum absolute atomic E-state index is 0.0913. The molecule has 0 saturated heterocycles. The molecule has 0 bridgehead atoms. The highest BCUT2D eigenvalue weighted by Crippen LogP contribution is 2.35. The maximum Gasteiger partial charge on any atom is 0.417 e. The summed E-state index contributed by atoms with van der Waals surface area (Å²) in [6.07, 6.45) is -2.46. The van der Waals surface area contributed by atoms with Crippen LogP contribution in [0.15, 0.2) is 58.2 Å².